The van der Waals surface area contributed by atoms with Crippen LogP contribution in [-0.2, 0) is 12.7 Å². The van der Waals surface area contributed by atoms with Gasteiger partial charge in [0.05, 0.1) is 24.0 Å². The number of carbonyl (C=O) groups excluding carboxylic acids is 2. The number of carbonyl (C=O) groups is 2. The number of rotatable bonds is 6. The summed E-state index contributed by atoms with van der Waals surface area (Å²) >= 11 is 0. The molecule has 2 unspecified atom stereocenters. The zero-order chi connectivity index (χ0) is 34.3. The van der Waals surface area contributed by atoms with E-state index in [0.29, 0.717) is 62.8 Å². The van der Waals surface area contributed by atoms with Gasteiger partial charge >= 0.3 is 6.18 Å². The summed E-state index contributed by atoms with van der Waals surface area (Å²) in [6, 6.07) is 22.5. The van der Waals surface area contributed by atoms with E-state index in [2.05, 4.69) is 15.1 Å². The van der Waals surface area contributed by atoms with Gasteiger partial charge in [-0.15, -0.1) is 0 Å². The third-order valence-electron chi connectivity index (χ3n) is 9.77. The molecule has 49 heavy (non-hydrogen) atoms. The van der Waals surface area contributed by atoms with E-state index in [4.69, 9.17) is 4.74 Å². The first-order chi connectivity index (χ1) is 23.6. The highest BCUT2D eigenvalue weighted by Gasteiger charge is 2.36. The number of hydrogen-bond acceptors (Lipinski definition) is 6. The molecule has 2 atom stereocenters. The summed E-state index contributed by atoms with van der Waals surface area (Å²) in [7, 11) is 1.62. The van der Waals surface area contributed by atoms with E-state index >= 15 is 0 Å². The number of amides is 2. The molecule has 7 rings (SSSR count). The number of hydrogen-bond donors (Lipinski definition) is 1. The number of piperidine rings is 1. The van der Waals surface area contributed by atoms with Crippen LogP contribution >= 0.6 is 0 Å². The number of piperazine rings is 1. The molecule has 1 aromatic heterocycles. The van der Waals surface area contributed by atoms with Gasteiger partial charge in [-0.1, -0.05) is 12.1 Å². The number of halogens is 3. The SMILES string of the molecule is COc1ccc(N2CCN(C(=O)c3ccc(N4CC5CC(C4)c4cccc(=O)n4C5)c(NC(=O)c4cccc(C(F)(F)F)c4)c3)CC2)cc1. The van der Waals surface area contributed by atoms with E-state index in [-0.39, 0.29) is 28.9 Å². The van der Waals surface area contributed by atoms with Crippen molar-refractivity contribution in [2.45, 2.75) is 25.1 Å². The fourth-order valence-electron chi connectivity index (χ4n) is 7.31. The minimum atomic E-state index is -4.60. The summed E-state index contributed by atoms with van der Waals surface area (Å²) in [5, 5.41) is 2.84. The zero-order valence-electron chi connectivity index (χ0n) is 27.0. The summed E-state index contributed by atoms with van der Waals surface area (Å²) in [5.41, 5.74) is 2.29. The monoisotopic (exact) mass is 671 g/mol. The Morgan fingerprint density at radius 3 is 2.31 bits per heavy atom. The lowest BCUT2D eigenvalue weighted by Crippen LogP contribution is -2.49. The predicted molar refractivity (Wildman–Crippen MR) is 181 cm³/mol. The number of pyridine rings is 1. The third kappa shape index (κ3) is 6.59. The molecule has 0 spiro atoms. The van der Waals surface area contributed by atoms with Crippen LogP contribution in [0.5, 0.6) is 5.75 Å². The van der Waals surface area contributed by atoms with Gasteiger partial charge in [0, 0.05) is 80.3 Å². The molecule has 4 aromatic rings. The first-order valence-corrected chi connectivity index (χ1v) is 16.3. The molecular weight excluding hydrogens is 635 g/mol. The average Bonchev–Trinajstić information content (AvgIpc) is 3.11. The topological polar surface area (TPSA) is 87.1 Å². The molecule has 2 saturated heterocycles. The lowest BCUT2D eigenvalue weighted by atomic mass is 9.83. The Morgan fingerprint density at radius 1 is 0.816 bits per heavy atom. The van der Waals surface area contributed by atoms with E-state index in [1.54, 1.807) is 36.3 Å². The first kappa shape index (κ1) is 32.3. The summed E-state index contributed by atoms with van der Waals surface area (Å²) < 4.78 is 47.5. The van der Waals surface area contributed by atoms with E-state index in [1.807, 2.05) is 41.0 Å². The minimum absolute atomic E-state index is 0.0256. The van der Waals surface area contributed by atoms with E-state index in [1.165, 1.54) is 12.1 Å². The van der Waals surface area contributed by atoms with Crippen LogP contribution in [0.15, 0.2) is 89.7 Å². The second kappa shape index (κ2) is 13.0. The number of aromatic nitrogens is 1. The van der Waals surface area contributed by atoms with Crippen molar-refractivity contribution in [1.29, 1.82) is 0 Å². The largest absolute Gasteiger partial charge is 0.497 e. The van der Waals surface area contributed by atoms with Gasteiger partial charge in [-0.05, 0) is 79.1 Å². The van der Waals surface area contributed by atoms with Crippen LogP contribution in [0.4, 0.5) is 30.2 Å². The third-order valence-corrected chi connectivity index (χ3v) is 9.77. The predicted octanol–water partition coefficient (Wildman–Crippen LogP) is 5.71. The summed E-state index contributed by atoms with van der Waals surface area (Å²) in [4.78, 5) is 46.0. The van der Waals surface area contributed by atoms with Gasteiger partial charge in [-0.2, -0.15) is 13.2 Å². The number of alkyl halides is 3. The molecule has 1 N–H and O–H groups in total. The highest BCUT2D eigenvalue weighted by molar-refractivity contribution is 6.07. The van der Waals surface area contributed by atoms with Gasteiger partial charge < -0.3 is 29.3 Å². The van der Waals surface area contributed by atoms with E-state index in [0.717, 1.165) is 35.7 Å². The average molecular weight is 672 g/mol. The van der Waals surface area contributed by atoms with E-state index < -0.39 is 17.6 Å². The Hall–Kier alpha value is -5.26. The molecule has 3 aliphatic heterocycles. The Balaban J connectivity index is 1.15. The molecule has 254 valence electrons. The fourth-order valence-corrected chi connectivity index (χ4v) is 7.31. The molecule has 3 aromatic carbocycles. The number of benzene rings is 3. The van der Waals surface area contributed by atoms with Crippen LogP contribution in [0.3, 0.4) is 0 Å². The van der Waals surface area contributed by atoms with Gasteiger partial charge in [0.2, 0.25) is 0 Å². The van der Waals surface area contributed by atoms with Crippen molar-refractivity contribution < 1.29 is 27.5 Å². The van der Waals surface area contributed by atoms with Crippen molar-refractivity contribution in [3.63, 3.8) is 0 Å². The Labute approximate surface area is 281 Å². The standard InChI is InChI=1S/C37H36F3N5O4/c1-49-30-11-9-29(10-12-30)42-14-16-43(17-15-42)36(48)26-8-13-33(31(20-26)41-35(47)25-4-2-5-28(19-25)37(38,39)40)44-21-24-18-27(23-44)32-6-3-7-34(46)45(32)22-24/h2-13,19-20,24,27H,14-18,21-23H2,1H3,(H,41,47). The quantitative estimate of drug-likeness (QED) is 0.283. The highest BCUT2D eigenvalue weighted by Crippen LogP contribution is 2.40. The maximum absolute atomic E-state index is 13.8. The molecule has 9 nitrogen and oxygen atoms in total. The maximum Gasteiger partial charge on any atom is 0.416 e. The van der Waals surface area contributed by atoms with Crippen molar-refractivity contribution in [3.05, 3.63) is 118 Å². The lowest BCUT2D eigenvalue weighted by Gasteiger charge is -2.44. The zero-order valence-corrected chi connectivity index (χ0v) is 27.0. The maximum atomic E-state index is 13.8. The molecule has 0 aliphatic carbocycles. The van der Waals surface area contributed by atoms with Gasteiger partial charge in [0.15, 0.2) is 0 Å². The highest BCUT2D eigenvalue weighted by atomic mass is 19.4. The van der Waals surface area contributed by atoms with Crippen LogP contribution in [0.25, 0.3) is 0 Å². The van der Waals surface area contributed by atoms with Crippen LogP contribution in [0.2, 0.25) is 0 Å². The van der Waals surface area contributed by atoms with Crippen LogP contribution < -0.4 is 25.4 Å². The van der Waals surface area contributed by atoms with Gasteiger partial charge in [0.1, 0.15) is 5.75 Å². The molecule has 2 fully saturated rings. The van der Waals surface area contributed by atoms with Crippen LogP contribution in [0.1, 0.15) is 44.3 Å². The molecule has 4 heterocycles. The normalized spacial score (nSPS) is 18.9. The molecule has 2 amide bonds. The van der Waals surface area contributed by atoms with Crippen molar-refractivity contribution in [2.75, 3.05) is 61.5 Å². The molecule has 2 bridgehead atoms. The Morgan fingerprint density at radius 2 is 1.57 bits per heavy atom. The van der Waals surface area contributed by atoms with Crippen LogP contribution in [-0.4, -0.2) is 67.7 Å². The Bertz CT molecular complexity index is 1940. The Kier molecular flexibility index (Phi) is 8.56. The molecule has 0 radical (unpaired) electrons. The number of ether oxygens (including phenoxy) is 1. The van der Waals surface area contributed by atoms with Crippen LogP contribution in [0, 0.1) is 5.92 Å². The number of fused-ring (bicyclic) bond motifs is 4. The summed E-state index contributed by atoms with van der Waals surface area (Å²) in [6.07, 6.45) is -3.68. The molecule has 12 heteroatoms. The first-order valence-electron chi connectivity index (χ1n) is 16.3. The van der Waals surface area contributed by atoms with E-state index in [9.17, 15) is 27.6 Å². The van der Waals surface area contributed by atoms with Gasteiger partial charge in [-0.25, -0.2) is 0 Å². The second-order valence-electron chi connectivity index (χ2n) is 12.8. The molecule has 0 saturated carbocycles. The number of nitrogens with one attached hydrogen (secondary N) is 1. The number of methoxy groups -OCH3 is 1. The van der Waals surface area contributed by atoms with Crippen molar-refractivity contribution in [1.82, 2.24) is 9.47 Å². The molecular formula is C37H36F3N5O4. The van der Waals surface area contributed by atoms with Gasteiger partial charge in [-0.3, -0.25) is 14.4 Å². The second-order valence-corrected chi connectivity index (χ2v) is 12.8. The van der Waals surface area contributed by atoms with Crippen molar-refractivity contribution in [2.24, 2.45) is 5.92 Å². The lowest BCUT2D eigenvalue weighted by molar-refractivity contribution is -0.137. The molecule has 3 aliphatic rings. The van der Waals surface area contributed by atoms with Gasteiger partial charge in [0.25, 0.3) is 17.4 Å². The number of anilines is 3. The minimum Gasteiger partial charge on any atom is -0.497 e. The van der Waals surface area contributed by atoms with Crippen molar-refractivity contribution in [3.8, 4) is 5.75 Å². The summed E-state index contributed by atoms with van der Waals surface area (Å²) in [6.45, 7) is 4.02. The van der Waals surface area contributed by atoms with Crippen molar-refractivity contribution >= 4 is 28.9 Å². The fraction of sp³-hybridized carbons (Fsp3) is 0.324. The smallest absolute Gasteiger partial charge is 0.416 e. The summed E-state index contributed by atoms with van der Waals surface area (Å²) in [5.74, 6) is 0.127. The number of nitrogens with zero attached hydrogens (tertiary/aromatic N) is 4.